The normalized spacial score (nSPS) is 46.7. The molecule has 0 amide bonds. The number of hydrogen-bond donors (Lipinski definition) is 0. The first-order chi connectivity index (χ1) is 18.1. The van der Waals surface area contributed by atoms with E-state index >= 15 is 13.2 Å². The molecule has 2 nitrogen and oxygen atoms in total. The van der Waals surface area contributed by atoms with Crippen molar-refractivity contribution in [3.63, 3.8) is 0 Å². The number of rotatable bonds is 6. The predicted octanol–water partition coefficient (Wildman–Crippen LogP) is 8.32. The van der Waals surface area contributed by atoms with E-state index in [1.807, 2.05) is 0 Å². The van der Waals surface area contributed by atoms with Crippen LogP contribution in [0.3, 0.4) is 0 Å². The summed E-state index contributed by atoms with van der Waals surface area (Å²) in [7, 11) is 0. The molecule has 4 aliphatic rings. The van der Waals surface area contributed by atoms with Gasteiger partial charge in [-0.05, 0) is 75.0 Å². The topological polar surface area (TPSA) is 18.5 Å². The van der Waals surface area contributed by atoms with Gasteiger partial charge in [0.15, 0.2) is 0 Å². The first-order valence-electron chi connectivity index (χ1n) is 13.8. The number of halogens is 11. The summed E-state index contributed by atoms with van der Waals surface area (Å²) in [5.41, 5.74) is 0. The maximum Gasteiger partial charge on any atom is 0.522 e. The molecule has 4 aliphatic carbocycles. The Morgan fingerprint density at radius 2 is 1.08 bits per heavy atom. The highest BCUT2D eigenvalue weighted by Crippen LogP contribution is 2.51. The molecule has 0 aliphatic heterocycles. The van der Waals surface area contributed by atoms with Crippen molar-refractivity contribution in [2.24, 2.45) is 29.6 Å². The first-order valence-corrected chi connectivity index (χ1v) is 13.8. The van der Waals surface area contributed by atoms with Crippen LogP contribution >= 0.6 is 0 Å². The fraction of sp³-hybridized carbons (Fsp3) is 1.00. The lowest BCUT2D eigenvalue weighted by molar-refractivity contribution is -0.366. The summed E-state index contributed by atoms with van der Waals surface area (Å²) >= 11 is 0. The van der Waals surface area contributed by atoms with E-state index in [1.54, 1.807) is 0 Å². The van der Waals surface area contributed by atoms with E-state index < -0.39 is 105 Å². The number of ether oxygens (including phenoxy) is 2. The number of alkyl halides is 11. The van der Waals surface area contributed by atoms with Crippen LogP contribution in [0.5, 0.6) is 0 Å². The summed E-state index contributed by atoms with van der Waals surface area (Å²) in [6, 6.07) is 0. The van der Waals surface area contributed by atoms with E-state index in [2.05, 4.69) is 9.47 Å². The molecule has 9 unspecified atom stereocenters. The zero-order chi connectivity index (χ0) is 28.7. The van der Waals surface area contributed by atoms with Gasteiger partial charge in [-0.1, -0.05) is 6.42 Å². The van der Waals surface area contributed by atoms with Crippen molar-refractivity contribution in [2.75, 3.05) is 0 Å². The standard InChI is InChI=1S/C26H35F11O2/c27-15-3-1-2-12(6-15)13-4-5-17(18(28)7-13)14-8-19(29)23(20(30)9-14)25(33,34)38-16-10-21(31)24(22(32)11-16)39-26(35,36)37/h12-24H,1-11H2. The molecule has 0 aromatic carbocycles. The Hall–Kier alpha value is -0.850. The quantitative estimate of drug-likeness (QED) is 0.291. The molecule has 4 saturated carbocycles. The molecular weight excluding hydrogens is 553 g/mol. The molecule has 0 saturated heterocycles. The van der Waals surface area contributed by atoms with Crippen LogP contribution in [0.4, 0.5) is 48.3 Å². The van der Waals surface area contributed by atoms with E-state index in [9.17, 15) is 35.1 Å². The van der Waals surface area contributed by atoms with Crippen molar-refractivity contribution >= 4 is 0 Å². The predicted molar refractivity (Wildman–Crippen MR) is 118 cm³/mol. The molecule has 4 fully saturated rings. The minimum atomic E-state index is -5.34. The Bertz CT molecular complexity index is 774. The Morgan fingerprint density at radius 3 is 1.62 bits per heavy atom. The minimum absolute atomic E-state index is 0.0264. The largest absolute Gasteiger partial charge is 0.522 e. The Balaban J connectivity index is 1.32. The van der Waals surface area contributed by atoms with Crippen LogP contribution in [0.25, 0.3) is 0 Å². The highest BCUT2D eigenvalue weighted by molar-refractivity contribution is 4.98. The van der Waals surface area contributed by atoms with Crippen LogP contribution < -0.4 is 0 Å². The molecule has 39 heavy (non-hydrogen) atoms. The van der Waals surface area contributed by atoms with Crippen molar-refractivity contribution in [1.29, 1.82) is 0 Å². The third kappa shape index (κ3) is 7.52. The molecule has 0 bridgehead atoms. The summed E-state index contributed by atoms with van der Waals surface area (Å²) in [5.74, 6) is -4.13. The lowest BCUT2D eigenvalue weighted by atomic mass is 9.64. The zero-order valence-electron chi connectivity index (χ0n) is 21.3. The van der Waals surface area contributed by atoms with Crippen molar-refractivity contribution in [2.45, 2.75) is 132 Å². The summed E-state index contributed by atoms with van der Waals surface area (Å²) < 4.78 is 162. The van der Waals surface area contributed by atoms with Gasteiger partial charge in [0.2, 0.25) is 0 Å². The van der Waals surface area contributed by atoms with Gasteiger partial charge in [0.1, 0.15) is 49.1 Å². The molecular formula is C26H35F11O2. The van der Waals surface area contributed by atoms with Gasteiger partial charge in [-0.15, -0.1) is 13.2 Å². The fourth-order valence-corrected chi connectivity index (χ4v) is 7.48. The Kier molecular flexibility index (Phi) is 9.71. The molecule has 228 valence electrons. The van der Waals surface area contributed by atoms with Gasteiger partial charge in [0.25, 0.3) is 0 Å². The SMILES string of the molecule is FC1CCCC(C2CCC(C3CC(F)C(C(F)(F)OC4CC(F)C(OC(F)(F)F)C(F)C4)C(F)C3)C(F)C2)C1. The summed E-state index contributed by atoms with van der Waals surface area (Å²) in [5, 5.41) is 0. The second kappa shape index (κ2) is 12.2. The van der Waals surface area contributed by atoms with Crippen molar-refractivity contribution in [3.05, 3.63) is 0 Å². The van der Waals surface area contributed by atoms with Crippen LogP contribution in [0, 0.1) is 29.6 Å². The molecule has 4 rings (SSSR count). The van der Waals surface area contributed by atoms with Gasteiger partial charge in [0, 0.05) is 12.8 Å². The third-order valence-corrected chi connectivity index (χ3v) is 9.29. The maximum absolute atomic E-state index is 15.2. The average molecular weight is 589 g/mol. The van der Waals surface area contributed by atoms with Crippen LogP contribution in [0.2, 0.25) is 0 Å². The van der Waals surface area contributed by atoms with Crippen molar-refractivity contribution in [3.8, 4) is 0 Å². The van der Waals surface area contributed by atoms with E-state index in [4.69, 9.17) is 0 Å². The van der Waals surface area contributed by atoms with Crippen molar-refractivity contribution < 1.29 is 57.8 Å². The molecule has 0 aromatic heterocycles. The molecule has 13 heteroatoms. The smallest absolute Gasteiger partial charge is 0.317 e. The molecule has 0 spiro atoms. The van der Waals surface area contributed by atoms with Gasteiger partial charge in [-0.2, -0.15) is 8.78 Å². The van der Waals surface area contributed by atoms with Gasteiger partial charge in [-0.3, -0.25) is 4.74 Å². The Labute approximate surface area is 220 Å². The third-order valence-electron chi connectivity index (χ3n) is 9.29. The molecule has 0 aromatic rings. The van der Waals surface area contributed by atoms with E-state index in [0.717, 1.165) is 12.8 Å². The monoisotopic (exact) mass is 588 g/mol. The molecule has 0 heterocycles. The summed E-state index contributed by atoms with van der Waals surface area (Å²) in [6.45, 7) is 0. The van der Waals surface area contributed by atoms with Gasteiger partial charge >= 0.3 is 12.5 Å². The minimum Gasteiger partial charge on any atom is -0.317 e. The van der Waals surface area contributed by atoms with Crippen LogP contribution in [0.15, 0.2) is 0 Å². The first kappa shape index (κ1) is 31.1. The van der Waals surface area contributed by atoms with Crippen LogP contribution in [-0.4, -0.2) is 61.7 Å². The van der Waals surface area contributed by atoms with E-state index in [1.165, 1.54) is 0 Å². The number of hydrogen-bond acceptors (Lipinski definition) is 2. The van der Waals surface area contributed by atoms with E-state index in [0.29, 0.717) is 25.7 Å². The van der Waals surface area contributed by atoms with E-state index in [-0.39, 0.29) is 18.3 Å². The highest BCUT2D eigenvalue weighted by Gasteiger charge is 2.58. The lowest BCUT2D eigenvalue weighted by Gasteiger charge is -2.45. The molecule has 0 radical (unpaired) electrons. The van der Waals surface area contributed by atoms with Gasteiger partial charge in [-0.25, -0.2) is 26.3 Å². The maximum atomic E-state index is 15.2. The van der Waals surface area contributed by atoms with Crippen LogP contribution in [-0.2, 0) is 9.47 Å². The Morgan fingerprint density at radius 1 is 0.513 bits per heavy atom. The average Bonchev–Trinajstić information content (AvgIpc) is 2.80. The summed E-state index contributed by atoms with van der Waals surface area (Å²) in [6.07, 6.45) is -26.5. The lowest BCUT2D eigenvalue weighted by Crippen LogP contribution is -2.53. The highest BCUT2D eigenvalue weighted by atomic mass is 19.4. The molecule has 0 N–H and O–H groups in total. The second-order valence-corrected chi connectivity index (χ2v) is 11.9. The molecule has 9 atom stereocenters. The van der Waals surface area contributed by atoms with Crippen molar-refractivity contribution in [1.82, 2.24) is 0 Å². The van der Waals surface area contributed by atoms with Crippen LogP contribution in [0.1, 0.15) is 70.6 Å². The zero-order valence-corrected chi connectivity index (χ0v) is 21.3. The van der Waals surface area contributed by atoms with Gasteiger partial charge < -0.3 is 4.74 Å². The second-order valence-electron chi connectivity index (χ2n) is 11.9. The fourth-order valence-electron chi connectivity index (χ4n) is 7.48. The van der Waals surface area contributed by atoms with Gasteiger partial charge in [0.05, 0.1) is 6.10 Å². The summed E-state index contributed by atoms with van der Waals surface area (Å²) in [4.78, 5) is 0.